The molecule has 5 nitrogen and oxygen atoms in total. The van der Waals surface area contributed by atoms with Crippen molar-refractivity contribution in [3.05, 3.63) is 16.5 Å². The van der Waals surface area contributed by atoms with E-state index in [1.54, 1.807) is 6.07 Å². The van der Waals surface area contributed by atoms with Crippen LogP contribution < -0.4 is 10.0 Å². The molecule has 7 heteroatoms. The molecule has 0 fully saturated rings. The fourth-order valence-electron chi connectivity index (χ4n) is 1.45. The first-order valence-corrected chi connectivity index (χ1v) is 9.05. The number of hydrogen-bond donors (Lipinski definition) is 2. The second-order valence-corrected chi connectivity index (χ2v) is 7.71. The van der Waals surface area contributed by atoms with E-state index in [-0.39, 0.29) is 9.56 Å². The van der Waals surface area contributed by atoms with Crippen LogP contribution in [-0.2, 0) is 16.6 Å². The van der Waals surface area contributed by atoms with Crippen molar-refractivity contribution in [1.29, 1.82) is 0 Å². The van der Waals surface area contributed by atoms with E-state index >= 15 is 0 Å². The van der Waals surface area contributed by atoms with Gasteiger partial charge in [-0.2, -0.15) is 0 Å². The van der Waals surface area contributed by atoms with Gasteiger partial charge < -0.3 is 9.73 Å². The van der Waals surface area contributed by atoms with Gasteiger partial charge in [-0.25, -0.2) is 13.1 Å². The Hall–Kier alpha value is -0.370. The normalized spacial score (nSPS) is 13.9. The van der Waals surface area contributed by atoms with Crippen molar-refractivity contribution in [3.8, 4) is 0 Å². The van der Waals surface area contributed by atoms with Crippen LogP contribution in [0.3, 0.4) is 0 Å². The molecule has 1 rings (SSSR count). The highest BCUT2D eigenvalue weighted by molar-refractivity contribution is 9.10. The zero-order valence-electron chi connectivity index (χ0n) is 12.4. The number of nitrogens with one attached hydrogen (secondary N) is 2. The van der Waals surface area contributed by atoms with Crippen LogP contribution in [0.15, 0.2) is 20.0 Å². The number of hydrogen-bond acceptors (Lipinski definition) is 4. The van der Waals surface area contributed by atoms with E-state index in [1.165, 1.54) is 0 Å². The largest absolute Gasteiger partial charge is 0.452 e. The van der Waals surface area contributed by atoms with Gasteiger partial charge in [0.05, 0.1) is 6.54 Å². The topological polar surface area (TPSA) is 71.3 Å². The summed E-state index contributed by atoms with van der Waals surface area (Å²) < 4.78 is 32.7. The summed E-state index contributed by atoms with van der Waals surface area (Å²) in [6, 6.07) is 1.86. The summed E-state index contributed by atoms with van der Waals surface area (Å²) in [4.78, 5) is 0.154. The van der Waals surface area contributed by atoms with Gasteiger partial charge in [0.25, 0.3) is 0 Å². The fraction of sp³-hybridized carbons (Fsp3) is 0.692. The average Bonchev–Trinajstić information content (AvgIpc) is 2.75. The maximum absolute atomic E-state index is 12.2. The van der Waals surface area contributed by atoms with Crippen LogP contribution in [0, 0.1) is 5.92 Å². The maximum atomic E-state index is 12.2. The predicted octanol–water partition coefficient (Wildman–Crippen LogP) is 2.86. The number of halogens is 1. The summed E-state index contributed by atoms with van der Waals surface area (Å²) >= 11 is 3.17. The van der Waals surface area contributed by atoms with Gasteiger partial charge in [-0.15, -0.1) is 0 Å². The Morgan fingerprint density at radius 3 is 2.55 bits per heavy atom. The fourth-order valence-corrected chi connectivity index (χ4v) is 3.61. The Morgan fingerprint density at radius 1 is 1.35 bits per heavy atom. The standard InChI is InChI=1S/C13H23BrN2O3S/c1-5-10(4)7-16-20(17,18)12-6-11(19-13(12)14)8-15-9(2)3/h6,9-10,15-16H,5,7-8H2,1-4H3. The molecule has 2 N–H and O–H groups in total. The summed E-state index contributed by atoms with van der Waals surface area (Å²) in [5.74, 6) is 0.895. The second-order valence-electron chi connectivity index (χ2n) is 5.25. The Bertz CT molecular complexity index is 526. The third kappa shape index (κ3) is 5.20. The second kappa shape index (κ2) is 7.59. The number of sulfonamides is 1. The minimum atomic E-state index is -3.53. The molecule has 0 bridgehead atoms. The average molecular weight is 367 g/mol. The van der Waals surface area contributed by atoms with Gasteiger partial charge in [0.1, 0.15) is 10.7 Å². The molecular formula is C13H23BrN2O3S. The van der Waals surface area contributed by atoms with Crippen LogP contribution >= 0.6 is 15.9 Å². The van der Waals surface area contributed by atoms with Gasteiger partial charge in [-0.05, 0) is 21.8 Å². The van der Waals surface area contributed by atoms with Gasteiger partial charge in [0, 0.05) is 18.7 Å². The lowest BCUT2D eigenvalue weighted by Gasteiger charge is -2.09. The van der Waals surface area contributed by atoms with Gasteiger partial charge >= 0.3 is 0 Å². The van der Waals surface area contributed by atoms with Crippen molar-refractivity contribution in [1.82, 2.24) is 10.0 Å². The highest BCUT2D eigenvalue weighted by atomic mass is 79.9. The van der Waals surface area contributed by atoms with Gasteiger partial charge in [-0.3, -0.25) is 0 Å². The molecule has 0 saturated carbocycles. The molecule has 0 radical (unpaired) electrons. The molecule has 1 atom stereocenters. The van der Waals surface area contributed by atoms with Crippen molar-refractivity contribution < 1.29 is 12.8 Å². The van der Waals surface area contributed by atoms with Crippen LogP contribution in [0.4, 0.5) is 0 Å². The molecular weight excluding hydrogens is 344 g/mol. The Labute approximate surface area is 129 Å². The zero-order chi connectivity index (χ0) is 15.3. The maximum Gasteiger partial charge on any atom is 0.244 e. The summed E-state index contributed by atoms with van der Waals surface area (Å²) in [5.41, 5.74) is 0. The first-order chi connectivity index (χ1) is 9.26. The van der Waals surface area contributed by atoms with Gasteiger partial charge in [0.2, 0.25) is 10.0 Å². The van der Waals surface area contributed by atoms with Crippen molar-refractivity contribution >= 4 is 26.0 Å². The predicted molar refractivity (Wildman–Crippen MR) is 83.0 cm³/mol. The van der Waals surface area contributed by atoms with E-state index in [2.05, 4.69) is 26.0 Å². The van der Waals surface area contributed by atoms with Crippen LogP contribution in [0.5, 0.6) is 0 Å². The smallest absolute Gasteiger partial charge is 0.244 e. The molecule has 1 unspecified atom stereocenters. The molecule has 0 aliphatic carbocycles. The molecule has 0 aliphatic heterocycles. The first-order valence-electron chi connectivity index (χ1n) is 6.77. The van der Waals surface area contributed by atoms with Crippen LogP contribution in [-0.4, -0.2) is 21.0 Å². The minimum absolute atomic E-state index is 0.154. The molecule has 1 aromatic heterocycles. The highest BCUT2D eigenvalue weighted by Gasteiger charge is 2.22. The monoisotopic (exact) mass is 366 g/mol. The summed E-state index contributed by atoms with van der Waals surface area (Å²) in [5, 5.41) is 3.18. The van der Waals surface area contributed by atoms with E-state index in [9.17, 15) is 8.42 Å². The Morgan fingerprint density at radius 2 is 2.00 bits per heavy atom. The van der Waals surface area contributed by atoms with E-state index in [0.717, 1.165) is 6.42 Å². The summed E-state index contributed by atoms with van der Waals surface area (Å²) in [7, 11) is -3.53. The van der Waals surface area contributed by atoms with Crippen LogP contribution in [0.1, 0.15) is 39.9 Å². The number of rotatable bonds is 8. The molecule has 1 aromatic rings. The van der Waals surface area contributed by atoms with Crippen molar-refractivity contribution in [2.75, 3.05) is 6.54 Å². The lowest BCUT2D eigenvalue weighted by Crippen LogP contribution is -2.28. The molecule has 0 aliphatic rings. The van der Waals surface area contributed by atoms with Crippen LogP contribution in [0.2, 0.25) is 0 Å². The molecule has 0 aromatic carbocycles. The van der Waals surface area contributed by atoms with E-state index < -0.39 is 10.0 Å². The molecule has 0 spiro atoms. The molecule has 20 heavy (non-hydrogen) atoms. The quantitative estimate of drug-likeness (QED) is 0.741. The van der Waals surface area contributed by atoms with E-state index in [4.69, 9.17) is 4.42 Å². The third-order valence-electron chi connectivity index (χ3n) is 3.00. The number of furan rings is 1. The highest BCUT2D eigenvalue weighted by Crippen LogP contribution is 2.26. The summed E-state index contributed by atoms with van der Waals surface area (Å²) in [6.45, 7) is 8.99. The molecule has 116 valence electrons. The van der Waals surface area contributed by atoms with E-state index in [0.29, 0.717) is 30.8 Å². The van der Waals surface area contributed by atoms with Gasteiger partial charge in [-0.1, -0.05) is 34.1 Å². The minimum Gasteiger partial charge on any atom is -0.452 e. The molecule has 1 heterocycles. The SMILES string of the molecule is CCC(C)CNS(=O)(=O)c1cc(CNC(C)C)oc1Br. The van der Waals surface area contributed by atoms with Crippen molar-refractivity contribution in [2.24, 2.45) is 5.92 Å². The summed E-state index contributed by atoms with van der Waals surface area (Å²) in [6.07, 6.45) is 0.929. The Balaban J connectivity index is 2.79. The van der Waals surface area contributed by atoms with E-state index in [1.807, 2.05) is 27.7 Å². The lowest BCUT2D eigenvalue weighted by molar-refractivity contribution is 0.446. The third-order valence-corrected chi connectivity index (χ3v) is 5.28. The zero-order valence-corrected chi connectivity index (χ0v) is 14.8. The van der Waals surface area contributed by atoms with Crippen molar-refractivity contribution in [3.63, 3.8) is 0 Å². The Kier molecular flexibility index (Phi) is 6.71. The first kappa shape index (κ1) is 17.7. The van der Waals surface area contributed by atoms with Gasteiger partial charge in [0.15, 0.2) is 4.67 Å². The molecule has 0 amide bonds. The molecule has 0 saturated heterocycles. The van der Waals surface area contributed by atoms with Crippen molar-refractivity contribution in [2.45, 2.75) is 51.6 Å². The lowest BCUT2D eigenvalue weighted by atomic mass is 10.1. The van der Waals surface area contributed by atoms with Crippen LogP contribution in [0.25, 0.3) is 0 Å².